The third-order valence-corrected chi connectivity index (χ3v) is 5.04. The van der Waals surface area contributed by atoms with Gasteiger partial charge >= 0.3 is 6.18 Å². The Bertz CT molecular complexity index is 950. The molecule has 0 saturated heterocycles. The van der Waals surface area contributed by atoms with Gasteiger partial charge in [-0.25, -0.2) is 9.37 Å². The molecule has 3 aromatic rings. The summed E-state index contributed by atoms with van der Waals surface area (Å²) in [6, 6.07) is 10.3. The zero-order valence-electron chi connectivity index (χ0n) is 14.8. The lowest BCUT2D eigenvalue weighted by molar-refractivity contribution is -0.137. The zero-order valence-corrected chi connectivity index (χ0v) is 15.6. The molecular formula is C20H16F4N2OS. The summed E-state index contributed by atoms with van der Waals surface area (Å²) in [5.41, 5.74) is 1.15. The van der Waals surface area contributed by atoms with Gasteiger partial charge < -0.3 is 5.32 Å². The van der Waals surface area contributed by atoms with E-state index >= 15 is 0 Å². The first-order valence-electron chi connectivity index (χ1n) is 8.39. The number of rotatable bonds is 5. The van der Waals surface area contributed by atoms with Gasteiger partial charge in [-0.2, -0.15) is 13.2 Å². The molecule has 0 spiro atoms. The number of thiazole rings is 1. The van der Waals surface area contributed by atoms with Crippen molar-refractivity contribution in [1.82, 2.24) is 10.3 Å². The van der Waals surface area contributed by atoms with Gasteiger partial charge in [0.15, 0.2) is 0 Å². The van der Waals surface area contributed by atoms with Gasteiger partial charge in [0.05, 0.1) is 23.7 Å². The number of nitrogens with zero attached hydrogens (tertiary/aromatic N) is 1. The van der Waals surface area contributed by atoms with Gasteiger partial charge in [-0.1, -0.05) is 24.3 Å². The molecule has 3 rings (SSSR count). The Kier molecular flexibility index (Phi) is 5.79. The largest absolute Gasteiger partial charge is 0.416 e. The van der Waals surface area contributed by atoms with Crippen LogP contribution in [0.4, 0.5) is 17.6 Å². The molecule has 1 aromatic heterocycles. The quantitative estimate of drug-likeness (QED) is 0.576. The lowest BCUT2D eigenvalue weighted by atomic mass is 10.1. The molecule has 1 heterocycles. The van der Waals surface area contributed by atoms with E-state index in [1.165, 1.54) is 35.6 Å². The van der Waals surface area contributed by atoms with Crippen LogP contribution < -0.4 is 5.32 Å². The van der Waals surface area contributed by atoms with Crippen molar-refractivity contribution < 1.29 is 22.4 Å². The first kappa shape index (κ1) is 20.0. The van der Waals surface area contributed by atoms with Crippen LogP contribution in [-0.4, -0.2) is 10.9 Å². The maximum absolute atomic E-state index is 13.0. The average Bonchev–Trinajstić information content (AvgIpc) is 3.10. The summed E-state index contributed by atoms with van der Waals surface area (Å²) in [4.78, 5) is 16.5. The normalized spacial score (nSPS) is 12.6. The van der Waals surface area contributed by atoms with Crippen molar-refractivity contribution in [2.75, 3.05) is 0 Å². The molecule has 2 aromatic carbocycles. The SMILES string of the molecule is CC(NC(=O)Cc1csc(-c2ccc(C(F)(F)F)cc2)n1)c1ccc(F)cc1. The van der Waals surface area contributed by atoms with Gasteiger partial charge in [-0.05, 0) is 36.8 Å². The lowest BCUT2D eigenvalue weighted by Crippen LogP contribution is -2.28. The number of carbonyl (C=O) groups is 1. The molecule has 1 unspecified atom stereocenters. The molecule has 1 atom stereocenters. The fourth-order valence-corrected chi connectivity index (χ4v) is 3.44. The minimum Gasteiger partial charge on any atom is -0.349 e. The number of benzene rings is 2. The van der Waals surface area contributed by atoms with Gasteiger partial charge in [0.25, 0.3) is 0 Å². The number of halogens is 4. The standard InChI is InChI=1S/C20H16F4N2OS/c1-12(13-4-8-16(21)9-5-13)25-18(27)10-17-11-28-19(26-17)14-2-6-15(7-3-14)20(22,23)24/h2-9,11-12H,10H2,1H3,(H,25,27). The maximum atomic E-state index is 13.0. The first-order chi connectivity index (χ1) is 13.2. The van der Waals surface area contributed by atoms with Crippen LogP contribution in [0.25, 0.3) is 10.6 Å². The minimum atomic E-state index is -4.38. The Morgan fingerprint density at radius 1 is 1.11 bits per heavy atom. The van der Waals surface area contributed by atoms with Crippen LogP contribution in [-0.2, 0) is 17.4 Å². The van der Waals surface area contributed by atoms with Crippen LogP contribution in [0.15, 0.2) is 53.9 Å². The summed E-state index contributed by atoms with van der Waals surface area (Å²) in [7, 11) is 0. The second-order valence-electron chi connectivity index (χ2n) is 6.24. The van der Waals surface area contributed by atoms with E-state index in [1.54, 1.807) is 24.4 Å². The monoisotopic (exact) mass is 408 g/mol. The molecule has 0 fully saturated rings. The third kappa shape index (κ3) is 4.95. The average molecular weight is 408 g/mol. The number of carbonyl (C=O) groups excluding carboxylic acids is 1. The summed E-state index contributed by atoms with van der Waals surface area (Å²) in [5.74, 6) is -0.596. The van der Waals surface area contributed by atoms with E-state index < -0.39 is 11.7 Å². The Morgan fingerprint density at radius 2 is 1.75 bits per heavy atom. The molecule has 0 radical (unpaired) electrons. The lowest BCUT2D eigenvalue weighted by Gasteiger charge is -2.13. The Morgan fingerprint density at radius 3 is 2.36 bits per heavy atom. The minimum absolute atomic E-state index is 0.0443. The van der Waals surface area contributed by atoms with E-state index in [0.29, 0.717) is 16.3 Å². The zero-order chi connectivity index (χ0) is 20.3. The van der Waals surface area contributed by atoms with Gasteiger partial charge in [0, 0.05) is 10.9 Å². The van der Waals surface area contributed by atoms with Crippen molar-refractivity contribution >= 4 is 17.2 Å². The molecule has 1 amide bonds. The number of nitrogens with one attached hydrogen (secondary N) is 1. The predicted molar refractivity (Wildman–Crippen MR) is 99.2 cm³/mol. The smallest absolute Gasteiger partial charge is 0.349 e. The van der Waals surface area contributed by atoms with E-state index in [9.17, 15) is 22.4 Å². The number of hydrogen-bond acceptors (Lipinski definition) is 3. The maximum Gasteiger partial charge on any atom is 0.416 e. The van der Waals surface area contributed by atoms with Crippen molar-refractivity contribution in [2.45, 2.75) is 25.6 Å². The Labute approximate surface area is 163 Å². The summed E-state index contributed by atoms with van der Waals surface area (Å²) >= 11 is 1.26. The highest BCUT2D eigenvalue weighted by Crippen LogP contribution is 2.31. The highest BCUT2D eigenvalue weighted by molar-refractivity contribution is 7.13. The number of alkyl halides is 3. The topological polar surface area (TPSA) is 42.0 Å². The van der Waals surface area contributed by atoms with Gasteiger partial charge in [-0.15, -0.1) is 11.3 Å². The van der Waals surface area contributed by atoms with Crippen molar-refractivity contribution in [3.05, 3.63) is 76.5 Å². The van der Waals surface area contributed by atoms with E-state index in [1.807, 2.05) is 0 Å². The van der Waals surface area contributed by atoms with Crippen molar-refractivity contribution in [1.29, 1.82) is 0 Å². The molecule has 146 valence electrons. The first-order valence-corrected chi connectivity index (χ1v) is 9.27. The summed E-state index contributed by atoms with van der Waals surface area (Å²) in [5, 5.41) is 5.06. The van der Waals surface area contributed by atoms with Crippen LogP contribution in [0, 0.1) is 5.82 Å². The van der Waals surface area contributed by atoms with E-state index in [-0.39, 0.29) is 24.2 Å². The molecule has 0 aliphatic rings. The van der Waals surface area contributed by atoms with E-state index in [0.717, 1.165) is 17.7 Å². The van der Waals surface area contributed by atoms with E-state index in [4.69, 9.17) is 0 Å². The number of hydrogen-bond donors (Lipinski definition) is 1. The van der Waals surface area contributed by atoms with Crippen molar-refractivity contribution in [2.24, 2.45) is 0 Å². The van der Waals surface area contributed by atoms with Crippen LogP contribution in [0.3, 0.4) is 0 Å². The van der Waals surface area contributed by atoms with Crippen molar-refractivity contribution in [3.8, 4) is 10.6 Å². The fourth-order valence-electron chi connectivity index (χ4n) is 2.61. The fraction of sp³-hybridized carbons (Fsp3) is 0.200. The second kappa shape index (κ2) is 8.10. The van der Waals surface area contributed by atoms with Gasteiger partial charge in [-0.3, -0.25) is 4.79 Å². The van der Waals surface area contributed by atoms with Crippen LogP contribution in [0.1, 0.15) is 29.8 Å². The summed E-state index contributed by atoms with van der Waals surface area (Å²) in [6.45, 7) is 1.79. The molecule has 3 nitrogen and oxygen atoms in total. The highest BCUT2D eigenvalue weighted by atomic mass is 32.1. The third-order valence-electron chi connectivity index (χ3n) is 4.10. The number of aromatic nitrogens is 1. The van der Waals surface area contributed by atoms with Crippen LogP contribution in [0.5, 0.6) is 0 Å². The van der Waals surface area contributed by atoms with Crippen LogP contribution >= 0.6 is 11.3 Å². The molecule has 0 aliphatic heterocycles. The van der Waals surface area contributed by atoms with Gasteiger partial charge in [0.1, 0.15) is 10.8 Å². The molecular weight excluding hydrogens is 392 g/mol. The predicted octanol–water partition coefficient (Wildman–Crippen LogP) is 5.39. The highest BCUT2D eigenvalue weighted by Gasteiger charge is 2.30. The number of amides is 1. The van der Waals surface area contributed by atoms with E-state index in [2.05, 4.69) is 10.3 Å². The summed E-state index contributed by atoms with van der Waals surface area (Å²) < 4.78 is 50.9. The second-order valence-corrected chi connectivity index (χ2v) is 7.09. The Balaban J connectivity index is 1.62. The molecule has 1 N–H and O–H groups in total. The summed E-state index contributed by atoms with van der Waals surface area (Å²) in [6.07, 6.45) is -4.34. The van der Waals surface area contributed by atoms with Crippen LogP contribution in [0.2, 0.25) is 0 Å². The van der Waals surface area contributed by atoms with Crippen molar-refractivity contribution in [3.63, 3.8) is 0 Å². The molecule has 8 heteroatoms. The molecule has 28 heavy (non-hydrogen) atoms. The molecule has 0 saturated carbocycles. The Hall–Kier alpha value is -2.74. The molecule has 0 bridgehead atoms. The molecule has 0 aliphatic carbocycles. The van der Waals surface area contributed by atoms with Gasteiger partial charge in [0.2, 0.25) is 5.91 Å².